The number of aliphatic hydroxyl groups excluding tert-OH is 1. The first-order chi connectivity index (χ1) is 7.67. The number of nitriles is 1. The molecule has 0 saturated carbocycles. The molecule has 0 saturated heterocycles. The van der Waals surface area contributed by atoms with E-state index in [1.54, 1.807) is 18.2 Å². The molecule has 0 bridgehead atoms. The lowest BCUT2D eigenvalue weighted by atomic mass is 10.2. The van der Waals surface area contributed by atoms with Crippen molar-refractivity contribution in [3.63, 3.8) is 0 Å². The predicted molar refractivity (Wildman–Crippen MR) is 65.2 cm³/mol. The lowest BCUT2D eigenvalue weighted by molar-refractivity contribution is 0.0727. The zero-order chi connectivity index (χ0) is 12.0. The normalized spacial score (nSPS) is 11.9. The van der Waals surface area contributed by atoms with Gasteiger partial charge in [-0.3, -0.25) is 0 Å². The molecule has 1 aromatic carbocycles. The van der Waals surface area contributed by atoms with Crippen molar-refractivity contribution in [3.05, 3.63) is 28.2 Å². The summed E-state index contributed by atoms with van der Waals surface area (Å²) >= 11 is 3.33. The van der Waals surface area contributed by atoms with Crippen LogP contribution >= 0.6 is 15.9 Å². The van der Waals surface area contributed by atoms with Crippen molar-refractivity contribution in [2.24, 2.45) is 0 Å². The van der Waals surface area contributed by atoms with Crippen LogP contribution in [0.4, 0.5) is 5.69 Å². The highest BCUT2D eigenvalue weighted by Gasteiger charge is 2.06. The Morgan fingerprint density at radius 3 is 3.00 bits per heavy atom. The molecule has 86 valence electrons. The van der Waals surface area contributed by atoms with Crippen LogP contribution in [0.2, 0.25) is 0 Å². The summed E-state index contributed by atoms with van der Waals surface area (Å²) < 4.78 is 5.69. The number of rotatable bonds is 5. The van der Waals surface area contributed by atoms with E-state index >= 15 is 0 Å². The summed E-state index contributed by atoms with van der Waals surface area (Å²) in [4.78, 5) is 0. The van der Waals surface area contributed by atoms with Gasteiger partial charge in [0.25, 0.3) is 0 Å². The molecule has 1 atom stereocenters. The van der Waals surface area contributed by atoms with Crippen LogP contribution < -0.4 is 5.32 Å². The van der Waals surface area contributed by atoms with Gasteiger partial charge in [-0.1, -0.05) is 15.9 Å². The molecule has 0 aliphatic carbocycles. The third-order valence-corrected chi connectivity index (χ3v) is 2.48. The number of halogens is 1. The van der Waals surface area contributed by atoms with Gasteiger partial charge in [0.15, 0.2) is 0 Å². The van der Waals surface area contributed by atoms with Crippen molar-refractivity contribution >= 4 is 21.6 Å². The number of nitrogens with zero attached hydrogens (tertiary/aromatic N) is 1. The smallest absolute Gasteiger partial charge is 0.101 e. The Morgan fingerprint density at radius 1 is 1.62 bits per heavy atom. The summed E-state index contributed by atoms with van der Waals surface area (Å²) in [5.41, 5.74) is 1.25. The van der Waals surface area contributed by atoms with Crippen molar-refractivity contribution in [1.82, 2.24) is 0 Å². The number of ether oxygens (including phenoxy) is 1. The van der Waals surface area contributed by atoms with Crippen molar-refractivity contribution in [1.29, 1.82) is 5.26 Å². The molecule has 0 fully saturated rings. The molecule has 1 aromatic rings. The second kappa shape index (κ2) is 6.48. The predicted octanol–water partition coefficient (Wildman–Crippen LogP) is 1.74. The quantitative estimate of drug-likeness (QED) is 0.865. The zero-order valence-electron chi connectivity index (χ0n) is 8.90. The van der Waals surface area contributed by atoms with Gasteiger partial charge in [0, 0.05) is 18.1 Å². The molecule has 0 aliphatic rings. The van der Waals surface area contributed by atoms with E-state index in [0.717, 1.165) is 4.47 Å². The molecule has 0 radical (unpaired) electrons. The Kier molecular flexibility index (Phi) is 5.26. The molecule has 5 heteroatoms. The van der Waals surface area contributed by atoms with Crippen LogP contribution in [-0.2, 0) is 4.74 Å². The Morgan fingerprint density at radius 2 is 2.38 bits per heavy atom. The van der Waals surface area contributed by atoms with E-state index in [4.69, 9.17) is 10.00 Å². The van der Waals surface area contributed by atoms with Crippen LogP contribution in [-0.4, -0.2) is 31.5 Å². The Balaban J connectivity index is 2.66. The van der Waals surface area contributed by atoms with E-state index in [9.17, 15) is 5.11 Å². The fraction of sp³-hybridized carbons (Fsp3) is 0.364. The molecule has 1 rings (SSSR count). The highest BCUT2D eigenvalue weighted by atomic mass is 79.9. The van der Waals surface area contributed by atoms with E-state index in [2.05, 4.69) is 27.3 Å². The summed E-state index contributed by atoms with van der Waals surface area (Å²) in [6.45, 7) is 0.613. The van der Waals surface area contributed by atoms with E-state index < -0.39 is 6.10 Å². The summed E-state index contributed by atoms with van der Waals surface area (Å²) in [7, 11) is 1.53. The maximum absolute atomic E-state index is 9.46. The number of hydrogen-bond donors (Lipinski definition) is 2. The molecule has 0 spiro atoms. The van der Waals surface area contributed by atoms with Gasteiger partial charge in [0.05, 0.1) is 24.0 Å². The minimum atomic E-state index is -0.587. The van der Waals surface area contributed by atoms with E-state index in [-0.39, 0.29) is 6.61 Å². The third kappa shape index (κ3) is 3.81. The molecular formula is C11H13BrN2O2. The standard InChI is InChI=1S/C11H13BrN2O2/c1-16-7-10(15)6-14-11-4-9(12)3-2-8(11)5-13/h2-4,10,14-15H,6-7H2,1H3. The van der Waals surface area contributed by atoms with Crippen LogP contribution in [0.15, 0.2) is 22.7 Å². The topological polar surface area (TPSA) is 65.3 Å². The largest absolute Gasteiger partial charge is 0.389 e. The van der Waals surface area contributed by atoms with E-state index in [1.807, 2.05) is 0 Å². The Bertz CT molecular complexity index is 390. The fourth-order valence-electron chi connectivity index (χ4n) is 1.24. The average molecular weight is 285 g/mol. The van der Waals surface area contributed by atoms with E-state index in [0.29, 0.717) is 17.8 Å². The number of aliphatic hydroxyl groups is 1. The van der Waals surface area contributed by atoms with Crippen LogP contribution in [0.25, 0.3) is 0 Å². The number of methoxy groups -OCH3 is 1. The van der Waals surface area contributed by atoms with Gasteiger partial charge in [-0.15, -0.1) is 0 Å². The Labute approximate surface area is 103 Å². The fourth-order valence-corrected chi connectivity index (χ4v) is 1.60. The minimum Gasteiger partial charge on any atom is -0.389 e. The maximum atomic E-state index is 9.46. The highest BCUT2D eigenvalue weighted by molar-refractivity contribution is 9.10. The molecular weight excluding hydrogens is 272 g/mol. The first-order valence-electron chi connectivity index (χ1n) is 4.78. The average Bonchev–Trinajstić information content (AvgIpc) is 2.27. The first kappa shape index (κ1) is 13.0. The van der Waals surface area contributed by atoms with Gasteiger partial charge >= 0.3 is 0 Å². The molecule has 0 heterocycles. The number of anilines is 1. The van der Waals surface area contributed by atoms with Crippen molar-refractivity contribution in [2.45, 2.75) is 6.10 Å². The van der Waals surface area contributed by atoms with Gasteiger partial charge < -0.3 is 15.2 Å². The van der Waals surface area contributed by atoms with Gasteiger partial charge in [0.2, 0.25) is 0 Å². The summed E-state index contributed by atoms with van der Waals surface area (Å²) in [5.74, 6) is 0. The molecule has 1 unspecified atom stereocenters. The monoisotopic (exact) mass is 284 g/mol. The van der Waals surface area contributed by atoms with Gasteiger partial charge in [-0.2, -0.15) is 5.26 Å². The van der Waals surface area contributed by atoms with Gasteiger partial charge in [0.1, 0.15) is 6.07 Å². The Hall–Kier alpha value is -1.09. The van der Waals surface area contributed by atoms with Crippen molar-refractivity contribution in [2.75, 3.05) is 25.6 Å². The maximum Gasteiger partial charge on any atom is 0.101 e. The van der Waals surface area contributed by atoms with Crippen LogP contribution in [0, 0.1) is 11.3 Å². The molecule has 16 heavy (non-hydrogen) atoms. The van der Waals surface area contributed by atoms with Crippen LogP contribution in [0.3, 0.4) is 0 Å². The van der Waals surface area contributed by atoms with Crippen LogP contribution in [0.1, 0.15) is 5.56 Å². The number of benzene rings is 1. The van der Waals surface area contributed by atoms with Crippen molar-refractivity contribution in [3.8, 4) is 6.07 Å². The van der Waals surface area contributed by atoms with Crippen LogP contribution in [0.5, 0.6) is 0 Å². The molecule has 0 aliphatic heterocycles. The van der Waals surface area contributed by atoms with Gasteiger partial charge in [-0.25, -0.2) is 0 Å². The van der Waals surface area contributed by atoms with Crippen molar-refractivity contribution < 1.29 is 9.84 Å². The molecule has 0 aromatic heterocycles. The second-order valence-electron chi connectivity index (χ2n) is 3.29. The molecule has 0 amide bonds. The first-order valence-corrected chi connectivity index (χ1v) is 5.57. The SMILES string of the molecule is COCC(O)CNc1cc(Br)ccc1C#N. The molecule has 2 N–H and O–H groups in total. The summed E-state index contributed by atoms with van der Waals surface area (Å²) in [6, 6.07) is 7.40. The zero-order valence-corrected chi connectivity index (χ0v) is 10.5. The summed E-state index contributed by atoms with van der Waals surface area (Å²) in [6.07, 6.45) is -0.587. The lowest BCUT2D eigenvalue weighted by Crippen LogP contribution is -2.24. The second-order valence-corrected chi connectivity index (χ2v) is 4.21. The number of hydrogen-bond acceptors (Lipinski definition) is 4. The minimum absolute atomic E-state index is 0.267. The number of nitrogens with one attached hydrogen (secondary N) is 1. The lowest BCUT2D eigenvalue weighted by Gasteiger charge is -2.13. The highest BCUT2D eigenvalue weighted by Crippen LogP contribution is 2.20. The summed E-state index contributed by atoms with van der Waals surface area (Å²) in [5, 5.41) is 21.4. The molecule has 4 nitrogen and oxygen atoms in total. The van der Waals surface area contributed by atoms with E-state index in [1.165, 1.54) is 7.11 Å². The van der Waals surface area contributed by atoms with Gasteiger partial charge in [-0.05, 0) is 18.2 Å². The third-order valence-electron chi connectivity index (χ3n) is 1.99.